The summed E-state index contributed by atoms with van der Waals surface area (Å²) in [6, 6.07) is 16.3. The monoisotopic (exact) mass is 451 g/mol. The molecule has 7 nitrogen and oxygen atoms in total. The fourth-order valence-corrected chi connectivity index (χ4v) is 4.83. The van der Waals surface area contributed by atoms with Gasteiger partial charge in [-0.25, -0.2) is 18.1 Å². The lowest BCUT2D eigenvalue weighted by atomic mass is 9.97. The second-order valence-corrected chi connectivity index (χ2v) is 9.30. The average molecular weight is 452 g/mol. The first-order valence-corrected chi connectivity index (χ1v) is 11.6. The highest BCUT2D eigenvalue weighted by Gasteiger charge is 2.16. The fraction of sp³-hybridized carbons (Fsp3) is 0.100. The van der Waals surface area contributed by atoms with E-state index >= 15 is 0 Å². The smallest absolute Gasteiger partial charge is 0.240 e. The van der Waals surface area contributed by atoms with E-state index in [9.17, 15) is 8.42 Å². The van der Waals surface area contributed by atoms with E-state index in [0.717, 1.165) is 11.0 Å². The van der Waals surface area contributed by atoms with Crippen LogP contribution in [0.5, 0.6) is 0 Å². The lowest BCUT2D eigenvalue weighted by Gasteiger charge is -2.13. The first kappa shape index (κ1) is 21.4. The minimum atomic E-state index is -3.58. The van der Waals surface area contributed by atoms with Crippen molar-refractivity contribution in [3.8, 4) is 11.3 Å². The summed E-state index contributed by atoms with van der Waals surface area (Å²) < 4.78 is 29.5. The van der Waals surface area contributed by atoms with Gasteiger partial charge >= 0.3 is 0 Å². The minimum absolute atomic E-state index is 0.210. The molecule has 0 bridgehead atoms. The molecule has 0 spiro atoms. The van der Waals surface area contributed by atoms with Gasteiger partial charge in [-0.3, -0.25) is 0 Å². The number of benzene rings is 2. The molecular formula is C20H20B2ClN5O2S. The van der Waals surface area contributed by atoms with Gasteiger partial charge in [0.25, 0.3) is 0 Å². The molecule has 4 rings (SSSR count). The highest BCUT2D eigenvalue weighted by atomic mass is 35.5. The summed E-state index contributed by atoms with van der Waals surface area (Å²) in [5, 5.41) is 8.25. The molecular weight excluding hydrogens is 431 g/mol. The second kappa shape index (κ2) is 8.74. The summed E-state index contributed by atoms with van der Waals surface area (Å²) in [6.45, 7) is 0.577. The Kier molecular flexibility index (Phi) is 6.04. The summed E-state index contributed by atoms with van der Waals surface area (Å²) in [4.78, 5) is 4.99. The van der Waals surface area contributed by atoms with Crippen molar-refractivity contribution in [1.29, 1.82) is 0 Å². The molecule has 0 aliphatic rings. The molecule has 0 aliphatic heterocycles. The van der Waals surface area contributed by atoms with Gasteiger partial charge in [0, 0.05) is 35.9 Å². The number of halogens is 1. The van der Waals surface area contributed by atoms with E-state index in [0.29, 0.717) is 34.2 Å². The van der Waals surface area contributed by atoms with Crippen LogP contribution < -0.4 is 21.0 Å². The molecule has 0 radical (unpaired) electrons. The molecule has 0 unspecified atom stereocenters. The van der Waals surface area contributed by atoms with Crippen LogP contribution >= 0.6 is 11.6 Å². The van der Waals surface area contributed by atoms with E-state index in [-0.39, 0.29) is 11.4 Å². The van der Waals surface area contributed by atoms with Gasteiger partial charge in [-0.2, -0.15) is 9.61 Å². The normalized spacial score (nSPS) is 11.6. The Balaban J connectivity index is 1.55. The van der Waals surface area contributed by atoms with Crippen LogP contribution in [0.25, 0.3) is 16.9 Å². The summed E-state index contributed by atoms with van der Waals surface area (Å²) in [5.74, 6) is 0.697. The highest BCUT2D eigenvalue weighted by molar-refractivity contribution is 7.89. The molecule has 0 fully saturated rings. The van der Waals surface area contributed by atoms with Crippen molar-refractivity contribution in [2.45, 2.75) is 4.90 Å². The number of nitrogens with one attached hydrogen (secondary N) is 2. The van der Waals surface area contributed by atoms with Crippen molar-refractivity contribution in [2.24, 2.45) is 0 Å². The Morgan fingerprint density at radius 2 is 1.74 bits per heavy atom. The predicted octanol–water partition coefficient (Wildman–Crippen LogP) is -0.0431. The molecule has 156 valence electrons. The van der Waals surface area contributed by atoms with E-state index in [1.807, 2.05) is 44.2 Å². The van der Waals surface area contributed by atoms with Crippen LogP contribution in [0.4, 0.5) is 5.82 Å². The Morgan fingerprint density at radius 3 is 2.52 bits per heavy atom. The number of aromatic nitrogens is 3. The number of anilines is 1. The molecule has 0 saturated heterocycles. The zero-order valence-corrected chi connectivity index (χ0v) is 18.7. The van der Waals surface area contributed by atoms with Gasteiger partial charge in [-0.05, 0) is 17.6 Å². The molecule has 2 N–H and O–H groups in total. The Labute approximate surface area is 187 Å². The maximum atomic E-state index is 12.6. The van der Waals surface area contributed by atoms with Gasteiger partial charge in [0.2, 0.25) is 10.0 Å². The van der Waals surface area contributed by atoms with Crippen LogP contribution in [0.3, 0.4) is 0 Å². The van der Waals surface area contributed by atoms with Crippen LogP contribution in [0.1, 0.15) is 0 Å². The van der Waals surface area contributed by atoms with Crippen LogP contribution in [0.15, 0.2) is 65.7 Å². The van der Waals surface area contributed by atoms with Crippen molar-refractivity contribution in [1.82, 2.24) is 19.3 Å². The fourth-order valence-electron chi connectivity index (χ4n) is 3.32. The van der Waals surface area contributed by atoms with Crippen LogP contribution in [0.2, 0.25) is 5.02 Å². The maximum absolute atomic E-state index is 12.6. The number of sulfonamides is 1. The quantitative estimate of drug-likeness (QED) is 0.304. The van der Waals surface area contributed by atoms with Crippen molar-refractivity contribution in [2.75, 3.05) is 18.4 Å². The third kappa shape index (κ3) is 4.46. The van der Waals surface area contributed by atoms with Gasteiger partial charge in [0.1, 0.15) is 21.5 Å². The van der Waals surface area contributed by atoms with Crippen LogP contribution in [0, 0.1) is 0 Å². The van der Waals surface area contributed by atoms with Gasteiger partial charge < -0.3 is 5.32 Å². The number of fused-ring (bicyclic) bond motifs is 1. The summed E-state index contributed by atoms with van der Waals surface area (Å²) >= 11 is 6.36. The zero-order valence-electron chi connectivity index (χ0n) is 17.1. The van der Waals surface area contributed by atoms with Crippen molar-refractivity contribution < 1.29 is 8.42 Å². The Hall–Kier alpha value is -2.81. The maximum Gasteiger partial charge on any atom is 0.240 e. The number of rotatable bonds is 7. The molecule has 2 aromatic carbocycles. The summed E-state index contributed by atoms with van der Waals surface area (Å²) in [7, 11) is 0.128. The predicted molar refractivity (Wildman–Crippen MR) is 130 cm³/mol. The van der Waals surface area contributed by atoms with E-state index in [2.05, 4.69) is 15.1 Å². The van der Waals surface area contributed by atoms with Crippen LogP contribution in [-0.2, 0) is 10.0 Å². The molecule has 2 aromatic heterocycles. The largest absolute Gasteiger partial charge is 0.369 e. The second-order valence-electron chi connectivity index (χ2n) is 7.16. The molecule has 0 saturated carbocycles. The number of nitrogens with zero attached hydrogens (tertiary/aromatic N) is 3. The van der Waals surface area contributed by atoms with Crippen molar-refractivity contribution >= 4 is 59.7 Å². The highest BCUT2D eigenvalue weighted by Crippen LogP contribution is 2.28. The SMILES string of the molecule is Bc1ccccc1S(=O)(=O)NCCNc1cc(-c2ccccc2Cl)nc2c(B)cnn12. The molecule has 4 aromatic rings. The minimum Gasteiger partial charge on any atom is -0.369 e. The zero-order chi connectivity index (χ0) is 22.0. The lowest BCUT2D eigenvalue weighted by molar-refractivity contribution is 0.583. The molecule has 0 amide bonds. The first-order chi connectivity index (χ1) is 14.9. The Morgan fingerprint density at radius 1 is 1.00 bits per heavy atom. The lowest BCUT2D eigenvalue weighted by Crippen LogP contribution is -2.32. The number of hydrogen-bond donors (Lipinski definition) is 2. The molecule has 11 heteroatoms. The van der Waals surface area contributed by atoms with E-state index in [1.54, 1.807) is 36.8 Å². The number of hydrogen-bond acceptors (Lipinski definition) is 5. The van der Waals surface area contributed by atoms with Crippen molar-refractivity contribution in [3.63, 3.8) is 0 Å². The van der Waals surface area contributed by atoms with E-state index < -0.39 is 10.0 Å². The standard InChI is InChI=1S/C20H20B2ClN5O2S/c21-14-6-2-4-8-18(14)31(29,30)26-10-9-24-19-11-17(13-5-1-3-7-16(13)23)27-20-15(22)12-25-28(19)20/h1-8,11-12,24,26H,9-10,21-22H2. The van der Waals surface area contributed by atoms with Gasteiger partial charge in [-0.15, -0.1) is 0 Å². The molecule has 31 heavy (non-hydrogen) atoms. The van der Waals surface area contributed by atoms with Gasteiger partial charge in [0.05, 0.1) is 10.6 Å². The molecule has 0 atom stereocenters. The van der Waals surface area contributed by atoms with Gasteiger partial charge in [0.15, 0.2) is 5.65 Å². The summed E-state index contributed by atoms with van der Waals surface area (Å²) in [6.07, 6.45) is 1.74. The first-order valence-electron chi connectivity index (χ1n) is 9.76. The van der Waals surface area contributed by atoms with E-state index in [4.69, 9.17) is 16.6 Å². The molecule has 0 aliphatic carbocycles. The van der Waals surface area contributed by atoms with Crippen LogP contribution in [-0.4, -0.2) is 51.8 Å². The van der Waals surface area contributed by atoms with Crippen molar-refractivity contribution in [3.05, 3.63) is 65.8 Å². The van der Waals surface area contributed by atoms with Gasteiger partial charge in [-0.1, -0.05) is 53.5 Å². The third-order valence-electron chi connectivity index (χ3n) is 4.90. The van der Waals surface area contributed by atoms with E-state index in [1.165, 1.54) is 0 Å². The Bertz CT molecular complexity index is 1360. The third-order valence-corrected chi connectivity index (χ3v) is 6.86. The average Bonchev–Trinajstić information content (AvgIpc) is 3.12. The molecule has 2 heterocycles. The topological polar surface area (TPSA) is 88.4 Å². The summed E-state index contributed by atoms with van der Waals surface area (Å²) in [5.41, 5.74) is 3.87.